The number of aromatic nitrogens is 1. The van der Waals surface area contributed by atoms with E-state index < -0.39 is 6.10 Å². The summed E-state index contributed by atoms with van der Waals surface area (Å²) in [5.41, 5.74) is 1.31. The van der Waals surface area contributed by atoms with Gasteiger partial charge in [0.1, 0.15) is 11.9 Å². The van der Waals surface area contributed by atoms with Gasteiger partial charge in [0, 0.05) is 31.0 Å². The highest BCUT2D eigenvalue weighted by Crippen LogP contribution is 2.13. The van der Waals surface area contributed by atoms with Crippen LogP contribution in [0.5, 0.6) is 5.75 Å². The van der Waals surface area contributed by atoms with E-state index in [2.05, 4.69) is 5.32 Å². The van der Waals surface area contributed by atoms with Gasteiger partial charge in [0.2, 0.25) is 0 Å². The van der Waals surface area contributed by atoms with Crippen molar-refractivity contribution < 1.29 is 14.6 Å². The minimum Gasteiger partial charge on any atom is -0.494 e. The summed E-state index contributed by atoms with van der Waals surface area (Å²) >= 11 is 0. The zero-order valence-electron chi connectivity index (χ0n) is 12.2. The number of carbonyl (C=O) groups excluding carboxylic acids is 1. The fourth-order valence-electron chi connectivity index (χ4n) is 2.09. The number of benzene rings is 1. The summed E-state index contributed by atoms with van der Waals surface area (Å²) in [4.78, 5) is 12.0. The smallest absolute Gasteiger partial charge is 0.251 e. The van der Waals surface area contributed by atoms with Gasteiger partial charge >= 0.3 is 0 Å². The number of aryl methyl sites for hydroxylation is 1. The molecule has 0 aliphatic heterocycles. The van der Waals surface area contributed by atoms with Crippen molar-refractivity contribution in [3.8, 4) is 5.75 Å². The maximum atomic E-state index is 12.0. The van der Waals surface area contributed by atoms with Crippen molar-refractivity contribution in [1.29, 1.82) is 0 Å². The van der Waals surface area contributed by atoms with Gasteiger partial charge in [-0.1, -0.05) is 0 Å². The highest BCUT2D eigenvalue weighted by Gasteiger charge is 2.12. The molecule has 0 saturated heterocycles. The van der Waals surface area contributed by atoms with Crippen LogP contribution in [0, 0.1) is 0 Å². The lowest BCUT2D eigenvalue weighted by atomic mass is 10.2. The van der Waals surface area contributed by atoms with Crippen molar-refractivity contribution >= 4 is 5.91 Å². The Morgan fingerprint density at radius 2 is 2.05 bits per heavy atom. The van der Waals surface area contributed by atoms with Crippen molar-refractivity contribution in [2.45, 2.75) is 13.0 Å². The van der Waals surface area contributed by atoms with Gasteiger partial charge in [0.25, 0.3) is 5.91 Å². The third kappa shape index (κ3) is 3.86. The lowest BCUT2D eigenvalue weighted by Gasteiger charge is -2.13. The molecular formula is C16H20N2O3. The van der Waals surface area contributed by atoms with Crippen LogP contribution in [0.15, 0.2) is 42.6 Å². The second kappa shape index (κ2) is 6.95. The van der Waals surface area contributed by atoms with Crippen LogP contribution in [0.3, 0.4) is 0 Å². The average Bonchev–Trinajstić information content (AvgIpc) is 2.92. The molecule has 0 fully saturated rings. The van der Waals surface area contributed by atoms with E-state index in [-0.39, 0.29) is 12.5 Å². The molecule has 0 aliphatic rings. The summed E-state index contributed by atoms with van der Waals surface area (Å²) in [6.07, 6.45) is 1.13. The van der Waals surface area contributed by atoms with Gasteiger partial charge in [-0.3, -0.25) is 4.79 Å². The normalized spacial score (nSPS) is 12.0. The third-order valence-corrected chi connectivity index (χ3v) is 3.21. The van der Waals surface area contributed by atoms with Crippen LogP contribution in [-0.4, -0.2) is 28.7 Å². The number of rotatable bonds is 6. The van der Waals surface area contributed by atoms with E-state index >= 15 is 0 Å². The Morgan fingerprint density at radius 3 is 2.62 bits per heavy atom. The average molecular weight is 288 g/mol. The molecule has 1 amide bonds. The number of nitrogens with one attached hydrogen (secondary N) is 1. The van der Waals surface area contributed by atoms with E-state index in [1.165, 1.54) is 0 Å². The van der Waals surface area contributed by atoms with Crippen LogP contribution in [-0.2, 0) is 7.05 Å². The lowest BCUT2D eigenvalue weighted by Crippen LogP contribution is -2.29. The molecule has 112 valence electrons. The molecule has 2 N–H and O–H groups in total. The summed E-state index contributed by atoms with van der Waals surface area (Å²) in [5.74, 6) is 0.518. The van der Waals surface area contributed by atoms with Crippen LogP contribution in [0.25, 0.3) is 0 Å². The molecular weight excluding hydrogens is 268 g/mol. The zero-order chi connectivity index (χ0) is 15.2. The van der Waals surface area contributed by atoms with E-state index in [1.54, 1.807) is 24.3 Å². The van der Waals surface area contributed by atoms with E-state index in [0.717, 1.165) is 11.4 Å². The largest absolute Gasteiger partial charge is 0.494 e. The Balaban J connectivity index is 1.91. The van der Waals surface area contributed by atoms with Crippen LogP contribution in [0.2, 0.25) is 0 Å². The molecule has 5 nitrogen and oxygen atoms in total. The van der Waals surface area contributed by atoms with Crippen molar-refractivity contribution in [3.05, 3.63) is 53.9 Å². The molecule has 1 heterocycles. The summed E-state index contributed by atoms with van der Waals surface area (Å²) in [6.45, 7) is 2.67. The number of nitrogens with zero attached hydrogens (tertiary/aromatic N) is 1. The highest BCUT2D eigenvalue weighted by molar-refractivity contribution is 5.94. The number of carbonyl (C=O) groups is 1. The summed E-state index contributed by atoms with van der Waals surface area (Å²) in [5, 5.41) is 12.8. The van der Waals surface area contributed by atoms with Crippen molar-refractivity contribution in [1.82, 2.24) is 9.88 Å². The molecule has 2 rings (SSSR count). The van der Waals surface area contributed by atoms with Gasteiger partial charge in [-0.05, 0) is 43.3 Å². The molecule has 21 heavy (non-hydrogen) atoms. The first-order valence-corrected chi connectivity index (χ1v) is 6.92. The lowest BCUT2D eigenvalue weighted by molar-refractivity contribution is 0.0912. The van der Waals surface area contributed by atoms with Gasteiger partial charge < -0.3 is 19.7 Å². The van der Waals surface area contributed by atoms with Crippen LogP contribution < -0.4 is 10.1 Å². The minimum absolute atomic E-state index is 0.171. The number of hydrogen-bond acceptors (Lipinski definition) is 3. The zero-order valence-corrected chi connectivity index (χ0v) is 12.2. The second-order valence-electron chi connectivity index (χ2n) is 4.73. The number of aliphatic hydroxyl groups is 1. The van der Waals surface area contributed by atoms with Gasteiger partial charge in [0.15, 0.2) is 0 Å². The quantitative estimate of drug-likeness (QED) is 0.853. The molecule has 1 aromatic heterocycles. The van der Waals surface area contributed by atoms with Gasteiger partial charge in [-0.15, -0.1) is 0 Å². The van der Waals surface area contributed by atoms with Gasteiger partial charge in [0.05, 0.1) is 6.61 Å². The molecule has 1 aromatic carbocycles. The second-order valence-corrected chi connectivity index (χ2v) is 4.73. The van der Waals surface area contributed by atoms with Crippen molar-refractivity contribution in [2.75, 3.05) is 13.2 Å². The molecule has 2 aromatic rings. The van der Waals surface area contributed by atoms with Crippen molar-refractivity contribution in [2.24, 2.45) is 7.05 Å². The number of ether oxygens (including phenoxy) is 1. The molecule has 0 aliphatic carbocycles. The Bertz CT molecular complexity index is 590. The fraction of sp³-hybridized carbons (Fsp3) is 0.312. The fourth-order valence-corrected chi connectivity index (χ4v) is 2.09. The highest BCUT2D eigenvalue weighted by atomic mass is 16.5. The Morgan fingerprint density at radius 1 is 1.33 bits per heavy atom. The van der Waals surface area contributed by atoms with Crippen LogP contribution in [0.1, 0.15) is 29.1 Å². The topological polar surface area (TPSA) is 63.5 Å². The van der Waals surface area contributed by atoms with Crippen LogP contribution in [0.4, 0.5) is 0 Å². The SMILES string of the molecule is CCOc1ccc(C(=O)NCC(O)c2cccn2C)cc1. The third-order valence-electron chi connectivity index (χ3n) is 3.21. The number of hydrogen-bond donors (Lipinski definition) is 2. The molecule has 0 bridgehead atoms. The molecule has 0 spiro atoms. The van der Waals surface area contributed by atoms with Crippen molar-refractivity contribution in [3.63, 3.8) is 0 Å². The standard InChI is InChI=1S/C16H20N2O3/c1-3-21-13-8-6-12(7-9-13)16(20)17-11-15(19)14-5-4-10-18(14)2/h4-10,15,19H,3,11H2,1-2H3,(H,17,20). The first-order chi connectivity index (χ1) is 10.1. The molecule has 0 radical (unpaired) electrons. The van der Waals surface area contributed by atoms with E-state index in [4.69, 9.17) is 4.74 Å². The monoisotopic (exact) mass is 288 g/mol. The van der Waals surface area contributed by atoms with E-state index in [1.807, 2.05) is 36.9 Å². The van der Waals surface area contributed by atoms with Gasteiger partial charge in [-0.25, -0.2) is 0 Å². The Hall–Kier alpha value is -2.27. The minimum atomic E-state index is -0.725. The van der Waals surface area contributed by atoms with E-state index in [0.29, 0.717) is 12.2 Å². The first-order valence-electron chi connectivity index (χ1n) is 6.92. The molecule has 5 heteroatoms. The predicted octanol–water partition coefficient (Wildman–Crippen LogP) is 1.89. The van der Waals surface area contributed by atoms with Gasteiger partial charge in [-0.2, -0.15) is 0 Å². The predicted molar refractivity (Wildman–Crippen MR) is 80.3 cm³/mol. The van der Waals surface area contributed by atoms with E-state index in [9.17, 15) is 9.90 Å². The number of amides is 1. The molecule has 1 unspecified atom stereocenters. The summed E-state index contributed by atoms with van der Waals surface area (Å²) in [7, 11) is 1.85. The molecule has 1 atom stereocenters. The summed E-state index contributed by atoms with van der Waals surface area (Å²) in [6, 6.07) is 10.6. The van der Waals surface area contributed by atoms with Crippen LogP contribution >= 0.6 is 0 Å². The maximum Gasteiger partial charge on any atom is 0.251 e. The Kier molecular flexibility index (Phi) is 5.00. The summed E-state index contributed by atoms with van der Waals surface area (Å²) < 4.78 is 7.15. The first kappa shape index (κ1) is 15.1. The number of aliphatic hydroxyl groups excluding tert-OH is 1. The molecule has 0 saturated carbocycles. The maximum absolute atomic E-state index is 12.0. The Labute approximate surface area is 124 Å².